The van der Waals surface area contributed by atoms with Crippen LogP contribution in [0.4, 0.5) is 4.79 Å². The van der Waals surface area contributed by atoms with E-state index in [0.717, 1.165) is 12.8 Å². The van der Waals surface area contributed by atoms with Gasteiger partial charge in [0.1, 0.15) is 5.75 Å². The third kappa shape index (κ3) is 2.58. The Morgan fingerprint density at radius 1 is 1.26 bits per heavy atom. The number of likely N-dealkylation sites (tertiary alicyclic amines) is 1. The maximum atomic E-state index is 12.0. The number of amides is 1. The smallest absolute Gasteiger partial charge is 0.415 e. The van der Waals surface area contributed by atoms with Gasteiger partial charge in [-0.2, -0.15) is 0 Å². The maximum absolute atomic E-state index is 12.0. The Morgan fingerprint density at radius 2 is 2.00 bits per heavy atom. The first-order chi connectivity index (χ1) is 9.22. The molecule has 2 aliphatic heterocycles. The highest BCUT2D eigenvalue weighted by molar-refractivity contribution is 5.71. The van der Waals surface area contributed by atoms with Crippen LogP contribution in [0.1, 0.15) is 12.8 Å². The highest BCUT2D eigenvalue weighted by Gasteiger charge is 2.23. The lowest BCUT2D eigenvalue weighted by Crippen LogP contribution is -2.44. The SMILES string of the molecule is NC1CCN(C(=O)Oc2ccc3c(c2)OCO3)CC1. The summed E-state index contributed by atoms with van der Waals surface area (Å²) in [5, 5.41) is 0. The normalized spacial score (nSPS) is 18.5. The second-order valence-electron chi connectivity index (χ2n) is 4.71. The Kier molecular flexibility index (Phi) is 3.16. The fourth-order valence-electron chi connectivity index (χ4n) is 2.19. The maximum Gasteiger partial charge on any atom is 0.415 e. The lowest BCUT2D eigenvalue weighted by Gasteiger charge is -2.29. The van der Waals surface area contributed by atoms with E-state index in [0.29, 0.717) is 30.3 Å². The number of fused-ring (bicyclic) bond motifs is 1. The number of hydrogen-bond donors (Lipinski definition) is 1. The standard InChI is InChI=1S/C13H16N2O4/c14-9-3-5-15(6-4-9)13(16)19-10-1-2-11-12(7-10)18-8-17-11/h1-2,7,9H,3-6,8,14H2. The molecule has 0 atom stereocenters. The van der Waals surface area contributed by atoms with Crippen molar-refractivity contribution in [3.63, 3.8) is 0 Å². The van der Waals surface area contributed by atoms with Crippen LogP contribution < -0.4 is 19.9 Å². The van der Waals surface area contributed by atoms with Gasteiger partial charge in [-0.15, -0.1) is 0 Å². The molecule has 2 aliphatic rings. The number of carbonyl (C=O) groups excluding carboxylic acids is 1. The molecule has 1 fully saturated rings. The van der Waals surface area contributed by atoms with Gasteiger partial charge in [0, 0.05) is 25.2 Å². The molecule has 6 nitrogen and oxygen atoms in total. The molecule has 1 aromatic carbocycles. The monoisotopic (exact) mass is 264 g/mol. The van der Waals surface area contributed by atoms with Gasteiger partial charge < -0.3 is 24.8 Å². The predicted molar refractivity (Wildman–Crippen MR) is 67.4 cm³/mol. The molecule has 0 aliphatic carbocycles. The van der Waals surface area contributed by atoms with E-state index in [1.165, 1.54) is 0 Å². The number of nitrogens with two attached hydrogens (primary N) is 1. The van der Waals surface area contributed by atoms with Crippen LogP contribution in [-0.4, -0.2) is 36.9 Å². The molecule has 3 rings (SSSR count). The Balaban J connectivity index is 1.63. The number of benzene rings is 1. The van der Waals surface area contributed by atoms with Crippen LogP contribution in [-0.2, 0) is 0 Å². The first kappa shape index (κ1) is 12.1. The Bertz CT molecular complexity index is 484. The fourth-order valence-corrected chi connectivity index (χ4v) is 2.19. The van der Waals surface area contributed by atoms with Crippen LogP contribution in [0.3, 0.4) is 0 Å². The average Bonchev–Trinajstić information content (AvgIpc) is 2.87. The zero-order valence-electron chi connectivity index (χ0n) is 10.5. The summed E-state index contributed by atoms with van der Waals surface area (Å²) < 4.78 is 15.8. The van der Waals surface area contributed by atoms with E-state index in [4.69, 9.17) is 19.9 Å². The summed E-state index contributed by atoms with van der Waals surface area (Å²) in [4.78, 5) is 13.6. The van der Waals surface area contributed by atoms with Crippen molar-refractivity contribution >= 4 is 6.09 Å². The largest absolute Gasteiger partial charge is 0.454 e. The molecule has 0 unspecified atom stereocenters. The summed E-state index contributed by atoms with van der Waals surface area (Å²) in [6.07, 6.45) is 1.29. The Labute approximate surface area is 111 Å². The zero-order valence-corrected chi connectivity index (χ0v) is 10.5. The molecule has 2 heterocycles. The summed E-state index contributed by atoms with van der Waals surface area (Å²) in [6.45, 7) is 1.49. The molecule has 19 heavy (non-hydrogen) atoms. The first-order valence-electron chi connectivity index (χ1n) is 6.34. The van der Waals surface area contributed by atoms with Crippen molar-refractivity contribution in [2.45, 2.75) is 18.9 Å². The Hall–Kier alpha value is -1.95. The summed E-state index contributed by atoms with van der Waals surface area (Å²) >= 11 is 0. The van der Waals surface area contributed by atoms with Gasteiger partial charge in [0.05, 0.1) is 0 Å². The third-order valence-electron chi connectivity index (χ3n) is 3.35. The molecule has 1 saturated heterocycles. The molecule has 2 N–H and O–H groups in total. The number of hydrogen-bond acceptors (Lipinski definition) is 5. The fraction of sp³-hybridized carbons (Fsp3) is 0.462. The van der Waals surface area contributed by atoms with Crippen molar-refractivity contribution in [1.82, 2.24) is 4.90 Å². The van der Waals surface area contributed by atoms with Crippen LogP contribution in [0.2, 0.25) is 0 Å². The molecule has 0 bridgehead atoms. The average molecular weight is 264 g/mol. The molecule has 6 heteroatoms. The summed E-state index contributed by atoms with van der Waals surface area (Å²) in [7, 11) is 0. The lowest BCUT2D eigenvalue weighted by atomic mass is 10.1. The van der Waals surface area contributed by atoms with Gasteiger partial charge in [0.2, 0.25) is 6.79 Å². The molecule has 0 radical (unpaired) electrons. The number of carbonyl (C=O) groups is 1. The van der Waals surface area contributed by atoms with Gasteiger partial charge in [0.25, 0.3) is 0 Å². The second kappa shape index (κ2) is 4.97. The summed E-state index contributed by atoms with van der Waals surface area (Å²) in [5.41, 5.74) is 5.80. The van der Waals surface area contributed by atoms with E-state index < -0.39 is 0 Å². The molecule has 0 aromatic heterocycles. The van der Waals surface area contributed by atoms with E-state index >= 15 is 0 Å². The number of ether oxygens (including phenoxy) is 3. The third-order valence-corrected chi connectivity index (χ3v) is 3.35. The van der Waals surface area contributed by atoms with Crippen molar-refractivity contribution in [2.24, 2.45) is 5.73 Å². The van der Waals surface area contributed by atoms with Crippen LogP contribution >= 0.6 is 0 Å². The minimum absolute atomic E-state index is 0.189. The highest BCUT2D eigenvalue weighted by Crippen LogP contribution is 2.35. The van der Waals surface area contributed by atoms with Crippen LogP contribution in [0.25, 0.3) is 0 Å². The van der Waals surface area contributed by atoms with Crippen molar-refractivity contribution < 1.29 is 19.0 Å². The van der Waals surface area contributed by atoms with Crippen molar-refractivity contribution in [3.8, 4) is 17.2 Å². The first-order valence-corrected chi connectivity index (χ1v) is 6.34. The van der Waals surface area contributed by atoms with Gasteiger partial charge in [-0.3, -0.25) is 0 Å². The van der Waals surface area contributed by atoms with Gasteiger partial charge >= 0.3 is 6.09 Å². The van der Waals surface area contributed by atoms with Gasteiger partial charge in [-0.25, -0.2) is 4.79 Å². The van der Waals surface area contributed by atoms with Gasteiger partial charge in [-0.1, -0.05) is 0 Å². The van der Waals surface area contributed by atoms with E-state index in [9.17, 15) is 4.79 Å². The second-order valence-corrected chi connectivity index (χ2v) is 4.71. The minimum atomic E-state index is -0.342. The van der Waals surface area contributed by atoms with E-state index in [-0.39, 0.29) is 18.9 Å². The highest BCUT2D eigenvalue weighted by atomic mass is 16.7. The minimum Gasteiger partial charge on any atom is -0.454 e. The van der Waals surface area contributed by atoms with E-state index in [1.807, 2.05) is 0 Å². The summed E-state index contributed by atoms with van der Waals surface area (Å²) in [6, 6.07) is 5.28. The molecule has 0 spiro atoms. The Morgan fingerprint density at radius 3 is 2.79 bits per heavy atom. The van der Waals surface area contributed by atoms with E-state index in [1.54, 1.807) is 23.1 Å². The van der Waals surface area contributed by atoms with Crippen molar-refractivity contribution in [3.05, 3.63) is 18.2 Å². The molecular formula is C13H16N2O4. The topological polar surface area (TPSA) is 74.0 Å². The molecule has 1 aromatic rings. The molecule has 0 saturated carbocycles. The van der Waals surface area contributed by atoms with Gasteiger partial charge in [0.15, 0.2) is 11.5 Å². The van der Waals surface area contributed by atoms with Crippen LogP contribution in [0, 0.1) is 0 Å². The molecular weight excluding hydrogens is 248 g/mol. The molecule has 102 valence electrons. The van der Waals surface area contributed by atoms with E-state index in [2.05, 4.69) is 0 Å². The van der Waals surface area contributed by atoms with Crippen molar-refractivity contribution in [1.29, 1.82) is 0 Å². The van der Waals surface area contributed by atoms with Crippen molar-refractivity contribution in [2.75, 3.05) is 19.9 Å². The lowest BCUT2D eigenvalue weighted by molar-refractivity contribution is 0.139. The summed E-state index contributed by atoms with van der Waals surface area (Å²) in [5.74, 6) is 1.74. The quantitative estimate of drug-likeness (QED) is 0.828. The van der Waals surface area contributed by atoms with Crippen LogP contribution in [0.5, 0.6) is 17.2 Å². The number of piperidine rings is 1. The predicted octanol–water partition coefficient (Wildman–Crippen LogP) is 1.34. The molecule has 1 amide bonds. The van der Waals surface area contributed by atoms with Gasteiger partial charge in [-0.05, 0) is 25.0 Å². The number of nitrogens with zero attached hydrogens (tertiary/aromatic N) is 1. The zero-order chi connectivity index (χ0) is 13.2. The number of rotatable bonds is 1. The van der Waals surface area contributed by atoms with Crippen LogP contribution in [0.15, 0.2) is 18.2 Å².